The van der Waals surface area contributed by atoms with Gasteiger partial charge in [0, 0.05) is 22.6 Å². The van der Waals surface area contributed by atoms with Crippen LogP contribution in [0, 0.1) is 0 Å². The van der Waals surface area contributed by atoms with E-state index in [0.717, 1.165) is 55.8 Å². The quantitative estimate of drug-likeness (QED) is 0.179. The molecule has 0 N–H and O–H groups in total. The van der Waals surface area contributed by atoms with Crippen molar-refractivity contribution in [3.63, 3.8) is 0 Å². The van der Waals surface area contributed by atoms with Crippen LogP contribution in [0.4, 0.5) is 11.4 Å². The molecule has 218 valence electrons. The van der Waals surface area contributed by atoms with Crippen molar-refractivity contribution >= 4 is 65.9 Å². The van der Waals surface area contributed by atoms with E-state index in [-0.39, 0.29) is 0 Å². The summed E-state index contributed by atoms with van der Waals surface area (Å²) in [5.74, 6) is 0. The van der Waals surface area contributed by atoms with Crippen molar-refractivity contribution in [3.05, 3.63) is 169 Å². The van der Waals surface area contributed by atoms with E-state index in [2.05, 4.69) is 172 Å². The number of hydrogen-bond acceptors (Lipinski definition) is 2. The summed E-state index contributed by atoms with van der Waals surface area (Å²) in [6.45, 7) is 4.21. The van der Waals surface area contributed by atoms with Crippen molar-refractivity contribution in [2.45, 2.75) is 13.8 Å². The van der Waals surface area contributed by atoms with Crippen LogP contribution in [0.2, 0.25) is 0 Å². The second kappa shape index (κ2) is 11.6. The second-order valence-electron chi connectivity index (χ2n) is 11.9. The number of hydrogen-bond donors (Lipinski definition) is 0. The van der Waals surface area contributed by atoms with E-state index in [1.807, 2.05) is 0 Å². The van der Waals surface area contributed by atoms with Crippen LogP contribution in [0.5, 0.6) is 0 Å². The maximum absolute atomic E-state index is 5.35. The summed E-state index contributed by atoms with van der Waals surface area (Å²) in [5.41, 5.74) is 8.23. The third-order valence-electron chi connectivity index (χ3n) is 8.97. The fraction of sp³-hybridized carbons (Fsp3) is 0.0455. The Hall–Kier alpha value is -5.86. The van der Waals surface area contributed by atoms with E-state index < -0.39 is 0 Å². The molecule has 0 amide bonds. The summed E-state index contributed by atoms with van der Waals surface area (Å²) in [6.07, 6.45) is 0. The molecule has 0 spiro atoms. The van der Waals surface area contributed by atoms with Crippen LogP contribution in [-0.4, -0.2) is 11.4 Å². The highest BCUT2D eigenvalue weighted by atomic mass is 14.8. The molecule has 0 fully saturated rings. The highest BCUT2D eigenvalue weighted by molar-refractivity contribution is 6.15. The fourth-order valence-corrected chi connectivity index (χ4v) is 6.55. The molecule has 0 atom stereocenters. The van der Waals surface area contributed by atoms with E-state index in [4.69, 9.17) is 9.98 Å². The molecule has 0 unspecified atom stereocenters. The number of fused-ring (bicyclic) bond motifs is 4. The van der Waals surface area contributed by atoms with Crippen molar-refractivity contribution in [2.75, 3.05) is 0 Å². The van der Waals surface area contributed by atoms with Gasteiger partial charge in [0.1, 0.15) is 0 Å². The van der Waals surface area contributed by atoms with Crippen molar-refractivity contribution in [1.82, 2.24) is 0 Å². The van der Waals surface area contributed by atoms with E-state index in [1.54, 1.807) is 0 Å². The van der Waals surface area contributed by atoms with Gasteiger partial charge in [-0.3, -0.25) is 9.98 Å². The monoisotopic (exact) mass is 588 g/mol. The zero-order valence-corrected chi connectivity index (χ0v) is 25.9. The zero-order chi connectivity index (χ0) is 31.0. The Morgan fingerprint density at radius 3 is 1.13 bits per heavy atom. The Morgan fingerprint density at radius 1 is 0.348 bits per heavy atom. The maximum atomic E-state index is 5.35. The number of nitrogens with zero attached hydrogens (tertiary/aromatic N) is 2. The molecule has 8 aromatic carbocycles. The minimum atomic E-state index is 0.931. The molecule has 8 rings (SSSR count). The van der Waals surface area contributed by atoms with E-state index in [1.165, 1.54) is 32.3 Å². The molecular formula is C44H32N2. The molecule has 0 saturated carbocycles. The van der Waals surface area contributed by atoms with Crippen LogP contribution in [0.15, 0.2) is 168 Å². The lowest BCUT2D eigenvalue weighted by Crippen LogP contribution is -1.96. The predicted octanol–water partition coefficient (Wildman–Crippen LogP) is 12.2. The fourth-order valence-electron chi connectivity index (χ4n) is 6.55. The van der Waals surface area contributed by atoms with Gasteiger partial charge >= 0.3 is 0 Å². The van der Waals surface area contributed by atoms with Gasteiger partial charge < -0.3 is 0 Å². The Balaban J connectivity index is 1.37. The summed E-state index contributed by atoms with van der Waals surface area (Å²) < 4.78 is 0. The SMILES string of the molecule is C/C(=N/c1ccc2ccccc2c1-c1c(/N=C(\C)c2ccc3ccccc3c2)ccc2ccccc12)c1ccc2ccccc2c1. The number of aliphatic imine (C=N–C) groups is 2. The van der Waals surface area contributed by atoms with Gasteiger partial charge in [-0.15, -0.1) is 0 Å². The van der Waals surface area contributed by atoms with Crippen molar-refractivity contribution < 1.29 is 0 Å². The molecule has 0 heterocycles. The van der Waals surface area contributed by atoms with Crippen molar-refractivity contribution in [1.29, 1.82) is 0 Å². The lowest BCUT2D eigenvalue weighted by atomic mass is 9.91. The Morgan fingerprint density at radius 2 is 0.696 bits per heavy atom. The number of benzene rings is 8. The smallest absolute Gasteiger partial charge is 0.0718 e. The lowest BCUT2D eigenvalue weighted by molar-refractivity contribution is 1.47. The van der Waals surface area contributed by atoms with Crippen LogP contribution in [0.25, 0.3) is 54.2 Å². The molecule has 0 aromatic heterocycles. The Labute approximate surface area is 269 Å². The molecule has 2 nitrogen and oxygen atoms in total. The molecule has 0 bridgehead atoms. The first-order valence-electron chi connectivity index (χ1n) is 15.8. The van der Waals surface area contributed by atoms with Gasteiger partial charge in [0.15, 0.2) is 0 Å². The summed E-state index contributed by atoms with van der Waals surface area (Å²) in [7, 11) is 0. The second-order valence-corrected chi connectivity index (χ2v) is 11.9. The molecule has 2 heteroatoms. The molecule has 0 aliphatic rings. The predicted molar refractivity (Wildman–Crippen MR) is 199 cm³/mol. The standard InChI is InChI=1S/C44H32N2/c1-29(35-21-19-31-11-3-5-15-37(31)27-35)45-41-25-23-33-13-7-9-17-39(33)43(41)44-40-18-10-8-14-34(40)24-26-42(44)46-30(2)36-22-20-32-12-4-6-16-38(32)28-36/h3-28H,1-2H3/b45-29-,46-30+. The van der Waals surface area contributed by atoms with E-state index in [9.17, 15) is 0 Å². The van der Waals surface area contributed by atoms with Crippen LogP contribution < -0.4 is 0 Å². The average Bonchev–Trinajstić information content (AvgIpc) is 3.11. The Kier molecular flexibility index (Phi) is 6.96. The first-order chi connectivity index (χ1) is 22.6. The minimum absolute atomic E-state index is 0.931. The summed E-state index contributed by atoms with van der Waals surface area (Å²) in [6, 6.07) is 56.0. The maximum Gasteiger partial charge on any atom is 0.0718 e. The third kappa shape index (κ3) is 5.04. The molecule has 0 radical (unpaired) electrons. The summed E-state index contributed by atoms with van der Waals surface area (Å²) >= 11 is 0. The van der Waals surface area contributed by atoms with Gasteiger partial charge in [-0.2, -0.15) is 0 Å². The normalized spacial score (nSPS) is 12.4. The van der Waals surface area contributed by atoms with Crippen molar-refractivity contribution in [3.8, 4) is 11.1 Å². The topological polar surface area (TPSA) is 24.7 Å². The highest BCUT2D eigenvalue weighted by Crippen LogP contribution is 2.46. The summed E-state index contributed by atoms with van der Waals surface area (Å²) in [5, 5.41) is 9.54. The lowest BCUT2D eigenvalue weighted by Gasteiger charge is -2.17. The van der Waals surface area contributed by atoms with Gasteiger partial charge in [-0.05, 0) is 92.3 Å². The van der Waals surface area contributed by atoms with Gasteiger partial charge in [-0.1, -0.05) is 133 Å². The third-order valence-corrected chi connectivity index (χ3v) is 8.97. The highest BCUT2D eigenvalue weighted by Gasteiger charge is 2.18. The molecule has 0 saturated heterocycles. The van der Waals surface area contributed by atoms with Crippen LogP contribution >= 0.6 is 0 Å². The van der Waals surface area contributed by atoms with Gasteiger partial charge in [-0.25, -0.2) is 0 Å². The Bertz CT molecular complexity index is 2320. The molecule has 8 aromatic rings. The number of rotatable bonds is 5. The molecular weight excluding hydrogens is 556 g/mol. The van der Waals surface area contributed by atoms with Gasteiger partial charge in [0.05, 0.1) is 11.4 Å². The van der Waals surface area contributed by atoms with Gasteiger partial charge in [0.25, 0.3) is 0 Å². The minimum Gasteiger partial charge on any atom is -0.252 e. The molecule has 46 heavy (non-hydrogen) atoms. The van der Waals surface area contributed by atoms with Gasteiger partial charge in [0.2, 0.25) is 0 Å². The first-order valence-corrected chi connectivity index (χ1v) is 15.8. The van der Waals surface area contributed by atoms with Crippen molar-refractivity contribution in [2.24, 2.45) is 9.98 Å². The first kappa shape index (κ1) is 27.7. The summed E-state index contributed by atoms with van der Waals surface area (Å²) in [4.78, 5) is 10.7. The van der Waals surface area contributed by atoms with Crippen LogP contribution in [-0.2, 0) is 0 Å². The van der Waals surface area contributed by atoms with Crippen LogP contribution in [0.3, 0.4) is 0 Å². The largest absolute Gasteiger partial charge is 0.252 e. The molecule has 0 aliphatic carbocycles. The van der Waals surface area contributed by atoms with E-state index in [0.29, 0.717) is 0 Å². The average molecular weight is 589 g/mol. The molecule has 0 aliphatic heterocycles. The van der Waals surface area contributed by atoms with E-state index >= 15 is 0 Å². The zero-order valence-electron chi connectivity index (χ0n) is 25.9. The van der Waals surface area contributed by atoms with Crippen LogP contribution in [0.1, 0.15) is 25.0 Å².